The van der Waals surface area contributed by atoms with E-state index in [1.165, 1.54) is 4.88 Å². The van der Waals surface area contributed by atoms with E-state index in [1.807, 2.05) is 49.9 Å². The van der Waals surface area contributed by atoms with E-state index >= 15 is 0 Å². The molecule has 196 valence electrons. The summed E-state index contributed by atoms with van der Waals surface area (Å²) in [7, 11) is 1.62. The Morgan fingerprint density at radius 3 is 2.78 bits per heavy atom. The molecule has 3 amide bonds. The Balaban J connectivity index is 1.50. The van der Waals surface area contributed by atoms with Gasteiger partial charge in [-0.05, 0) is 69.2 Å². The molecule has 36 heavy (non-hydrogen) atoms. The zero-order valence-corrected chi connectivity index (χ0v) is 22.4. The Labute approximate surface area is 217 Å². The quantitative estimate of drug-likeness (QED) is 0.569. The minimum atomic E-state index is -0.404. The minimum absolute atomic E-state index is 0.00307. The number of benzene rings is 1. The normalized spacial score (nSPS) is 19.5. The molecular weight excluding hydrogens is 478 g/mol. The number of ether oxygens (including phenoxy) is 3. The molecule has 2 aromatic rings. The van der Waals surface area contributed by atoms with Gasteiger partial charge in [-0.2, -0.15) is 0 Å². The summed E-state index contributed by atoms with van der Waals surface area (Å²) in [6.45, 7) is 7.82. The zero-order valence-electron chi connectivity index (χ0n) is 21.6. The Morgan fingerprint density at radius 1 is 1.25 bits per heavy atom. The van der Waals surface area contributed by atoms with Crippen LogP contribution in [0, 0.1) is 0 Å². The maximum Gasteiger partial charge on any atom is 0.318 e. The highest BCUT2D eigenvalue weighted by Gasteiger charge is 2.35. The fourth-order valence-corrected chi connectivity index (χ4v) is 5.58. The van der Waals surface area contributed by atoms with Crippen molar-refractivity contribution >= 4 is 23.3 Å². The molecule has 1 N–H and O–H groups in total. The van der Waals surface area contributed by atoms with Crippen molar-refractivity contribution in [2.75, 3.05) is 40.0 Å². The van der Waals surface area contributed by atoms with Crippen molar-refractivity contribution in [1.82, 2.24) is 15.1 Å². The van der Waals surface area contributed by atoms with Crippen LogP contribution < -0.4 is 14.8 Å². The van der Waals surface area contributed by atoms with Gasteiger partial charge in [-0.3, -0.25) is 4.79 Å². The minimum Gasteiger partial charge on any atom is -0.497 e. The predicted octanol–water partition coefficient (Wildman–Crippen LogP) is 4.25. The molecule has 2 aliphatic rings. The first-order chi connectivity index (χ1) is 17.2. The van der Waals surface area contributed by atoms with Crippen molar-refractivity contribution < 1.29 is 23.8 Å². The van der Waals surface area contributed by atoms with E-state index in [0.29, 0.717) is 32.1 Å². The molecule has 0 spiro atoms. The van der Waals surface area contributed by atoms with Crippen LogP contribution in [0.25, 0.3) is 0 Å². The number of hydrogen-bond acceptors (Lipinski definition) is 6. The van der Waals surface area contributed by atoms with E-state index in [0.717, 1.165) is 30.6 Å². The van der Waals surface area contributed by atoms with Crippen LogP contribution in [0.2, 0.25) is 0 Å². The maximum absolute atomic E-state index is 13.7. The molecule has 0 saturated carbocycles. The summed E-state index contributed by atoms with van der Waals surface area (Å²) >= 11 is 1.71. The number of methoxy groups -OCH3 is 1. The maximum atomic E-state index is 13.7. The lowest BCUT2D eigenvalue weighted by Gasteiger charge is -2.37. The number of nitrogens with zero attached hydrogens (tertiary/aromatic N) is 2. The highest BCUT2D eigenvalue weighted by Crippen LogP contribution is 2.34. The van der Waals surface area contributed by atoms with E-state index in [2.05, 4.69) is 16.8 Å². The third kappa shape index (κ3) is 6.70. The predicted molar refractivity (Wildman–Crippen MR) is 140 cm³/mol. The van der Waals surface area contributed by atoms with Crippen molar-refractivity contribution in [1.29, 1.82) is 0 Å². The molecule has 4 rings (SSSR count). The zero-order chi connectivity index (χ0) is 25.7. The lowest BCUT2D eigenvalue weighted by Crippen LogP contribution is -2.54. The molecule has 1 saturated heterocycles. The summed E-state index contributed by atoms with van der Waals surface area (Å²) < 4.78 is 17.2. The number of rotatable bonds is 8. The van der Waals surface area contributed by atoms with Gasteiger partial charge in [0.1, 0.15) is 24.7 Å². The molecule has 9 heteroatoms. The first kappa shape index (κ1) is 26.3. The van der Waals surface area contributed by atoms with Crippen LogP contribution in [0.4, 0.5) is 4.79 Å². The van der Waals surface area contributed by atoms with Gasteiger partial charge in [-0.15, -0.1) is 11.3 Å². The van der Waals surface area contributed by atoms with Crippen molar-refractivity contribution in [3.05, 3.63) is 46.2 Å². The van der Waals surface area contributed by atoms with E-state index in [-0.39, 0.29) is 30.6 Å². The largest absolute Gasteiger partial charge is 0.497 e. The summed E-state index contributed by atoms with van der Waals surface area (Å²) in [5, 5.41) is 5.07. The molecule has 1 fully saturated rings. The molecule has 0 radical (unpaired) electrons. The van der Waals surface area contributed by atoms with Crippen molar-refractivity contribution in [2.45, 2.75) is 57.7 Å². The van der Waals surface area contributed by atoms with Crippen molar-refractivity contribution in [3.63, 3.8) is 0 Å². The number of fused-ring (bicyclic) bond motifs is 1. The van der Waals surface area contributed by atoms with Crippen LogP contribution >= 0.6 is 11.3 Å². The van der Waals surface area contributed by atoms with Crippen LogP contribution in [0.15, 0.2) is 35.7 Å². The molecule has 2 atom stereocenters. The van der Waals surface area contributed by atoms with E-state index in [4.69, 9.17) is 14.2 Å². The number of amides is 3. The molecule has 0 aliphatic carbocycles. The second-order valence-corrected chi connectivity index (χ2v) is 11.3. The Hall–Kier alpha value is -2.78. The number of thiophene rings is 1. The Morgan fingerprint density at radius 2 is 2.06 bits per heavy atom. The fraction of sp³-hybridized carbons (Fsp3) is 0.556. The van der Waals surface area contributed by atoms with Crippen LogP contribution in [0.3, 0.4) is 0 Å². The lowest BCUT2D eigenvalue weighted by molar-refractivity contribution is -0.135. The molecular formula is C27H37N3O5S. The van der Waals surface area contributed by atoms with Crippen LogP contribution in [-0.4, -0.2) is 73.3 Å². The molecule has 2 unspecified atom stereocenters. The van der Waals surface area contributed by atoms with Crippen LogP contribution in [0.5, 0.6) is 11.5 Å². The summed E-state index contributed by atoms with van der Waals surface area (Å²) in [4.78, 5) is 31.6. The smallest absolute Gasteiger partial charge is 0.318 e. The van der Waals surface area contributed by atoms with E-state index < -0.39 is 5.54 Å². The molecule has 1 aromatic carbocycles. The highest BCUT2D eigenvalue weighted by atomic mass is 32.1. The van der Waals surface area contributed by atoms with Gasteiger partial charge < -0.3 is 29.3 Å². The highest BCUT2D eigenvalue weighted by molar-refractivity contribution is 7.10. The monoisotopic (exact) mass is 515 g/mol. The number of urea groups is 1. The second kappa shape index (κ2) is 11.5. The van der Waals surface area contributed by atoms with Gasteiger partial charge >= 0.3 is 6.03 Å². The second-order valence-electron chi connectivity index (χ2n) is 10.3. The first-order valence-corrected chi connectivity index (χ1v) is 13.4. The van der Waals surface area contributed by atoms with Crippen LogP contribution in [0.1, 0.15) is 50.1 Å². The average Bonchev–Trinajstić information content (AvgIpc) is 3.53. The molecule has 2 aliphatic heterocycles. The van der Waals surface area contributed by atoms with Gasteiger partial charge in [0.2, 0.25) is 5.91 Å². The fourth-order valence-electron chi connectivity index (χ4n) is 4.65. The standard InChI is InChI=1S/C27H37N3O5S/c1-27(2,3)28-26(32)29(16-21-9-6-13-34-21)17-25(31)30-12-10-24-22(11-14-36-24)23(30)18-35-20-8-5-7-19(15-20)33-4/h5,7-8,11,14-15,21,23H,6,9-10,12-13,16-18H2,1-4H3,(H,28,32). The van der Waals surface area contributed by atoms with Crippen molar-refractivity contribution in [2.24, 2.45) is 0 Å². The molecule has 3 heterocycles. The molecule has 8 nitrogen and oxygen atoms in total. The molecule has 1 aromatic heterocycles. The Kier molecular flexibility index (Phi) is 8.41. The number of hydrogen-bond donors (Lipinski definition) is 1. The summed E-state index contributed by atoms with van der Waals surface area (Å²) in [6.07, 6.45) is 2.63. The number of carbonyl (C=O) groups excluding carboxylic acids is 2. The third-order valence-electron chi connectivity index (χ3n) is 6.41. The topological polar surface area (TPSA) is 80.3 Å². The van der Waals surface area contributed by atoms with Gasteiger partial charge in [0, 0.05) is 36.2 Å². The van der Waals surface area contributed by atoms with Gasteiger partial charge in [0.25, 0.3) is 0 Å². The van der Waals surface area contributed by atoms with Gasteiger partial charge in [-0.25, -0.2) is 4.79 Å². The number of carbonyl (C=O) groups is 2. The SMILES string of the molecule is COc1cccc(OCC2c3ccsc3CCN2C(=O)CN(CC2CCCO2)C(=O)NC(C)(C)C)c1. The van der Waals surface area contributed by atoms with Gasteiger partial charge in [0.15, 0.2) is 0 Å². The van der Waals surface area contributed by atoms with Gasteiger partial charge in [0.05, 0.1) is 19.3 Å². The van der Waals surface area contributed by atoms with Crippen LogP contribution in [-0.2, 0) is 16.0 Å². The first-order valence-electron chi connectivity index (χ1n) is 12.5. The average molecular weight is 516 g/mol. The van der Waals surface area contributed by atoms with E-state index in [1.54, 1.807) is 23.3 Å². The van der Waals surface area contributed by atoms with Crippen molar-refractivity contribution in [3.8, 4) is 11.5 Å². The number of nitrogens with one attached hydrogen (secondary N) is 1. The summed E-state index contributed by atoms with van der Waals surface area (Å²) in [6, 6.07) is 9.07. The van der Waals surface area contributed by atoms with Gasteiger partial charge in [-0.1, -0.05) is 6.07 Å². The van der Waals surface area contributed by atoms with E-state index in [9.17, 15) is 9.59 Å². The summed E-state index contributed by atoms with van der Waals surface area (Å²) in [5.74, 6) is 1.32. The lowest BCUT2D eigenvalue weighted by atomic mass is 10.0. The Bertz CT molecular complexity index is 1040. The molecule has 0 bridgehead atoms. The summed E-state index contributed by atoms with van der Waals surface area (Å²) in [5.41, 5.74) is 0.714. The third-order valence-corrected chi connectivity index (χ3v) is 7.40.